The second kappa shape index (κ2) is 4.09. The van der Waals surface area contributed by atoms with Crippen molar-refractivity contribution >= 4 is 23.0 Å². The van der Waals surface area contributed by atoms with Crippen molar-refractivity contribution in [3.63, 3.8) is 0 Å². The molecule has 0 aliphatic heterocycles. The van der Waals surface area contributed by atoms with E-state index in [0.717, 1.165) is 0 Å². The van der Waals surface area contributed by atoms with Gasteiger partial charge in [-0.05, 0) is 13.0 Å². The number of hydrogen-bond acceptors (Lipinski definition) is 3. The Morgan fingerprint density at radius 3 is 2.85 bits per heavy atom. The molecule has 5 heteroatoms. The Labute approximate surface area is 80.7 Å². The van der Waals surface area contributed by atoms with Crippen molar-refractivity contribution < 1.29 is 4.92 Å². The van der Waals surface area contributed by atoms with Gasteiger partial charge in [0.15, 0.2) is 0 Å². The number of nitro benzene ring substituents is 1. The highest BCUT2D eigenvalue weighted by molar-refractivity contribution is 6.33. The normalized spacial score (nSPS) is 9.69. The van der Waals surface area contributed by atoms with E-state index < -0.39 is 4.92 Å². The Morgan fingerprint density at radius 2 is 2.31 bits per heavy atom. The number of nitrogens with zero attached hydrogens (tertiary/aromatic N) is 1. The van der Waals surface area contributed by atoms with Crippen LogP contribution in [0.25, 0.3) is 0 Å². The van der Waals surface area contributed by atoms with Gasteiger partial charge in [-0.2, -0.15) is 0 Å². The highest BCUT2D eigenvalue weighted by Gasteiger charge is 2.08. The van der Waals surface area contributed by atoms with Crippen LogP contribution < -0.4 is 5.32 Å². The van der Waals surface area contributed by atoms with Crippen LogP contribution in [0.5, 0.6) is 0 Å². The van der Waals surface area contributed by atoms with Crippen LogP contribution in [0, 0.1) is 10.1 Å². The zero-order valence-electron chi connectivity index (χ0n) is 7.08. The van der Waals surface area contributed by atoms with Crippen molar-refractivity contribution in [3.05, 3.63) is 33.3 Å². The average molecular weight is 201 g/mol. The number of halogens is 1. The highest BCUT2D eigenvalue weighted by atomic mass is 35.5. The standard InChI is InChI=1S/C8H9ClN2O2/c1-2-10-8-5-6(11(12)13)3-4-7(8)9/h3-5,10H,2H2,1H3. The van der Waals surface area contributed by atoms with E-state index in [0.29, 0.717) is 17.3 Å². The fourth-order valence-corrected chi connectivity index (χ4v) is 1.14. The Hall–Kier alpha value is -1.29. The van der Waals surface area contributed by atoms with Crippen LogP contribution in [0.4, 0.5) is 11.4 Å². The van der Waals surface area contributed by atoms with E-state index in [1.165, 1.54) is 18.2 Å². The first kappa shape index (κ1) is 9.80. The maximum absolute atomic E-state index is 10.4. The SMILES string of the molecule is CCNc1cc([N+](=O)[O-])ccc1Cl. The molecule has 1 N–H and O–H groups in total. The van der Waals surface area contributed by atoms with Gasteiger partial charge in [-0.1, -0.05) is 11.6 Å². The predicted molar refractivity (Wildman–Crippen MR) is 52.3 cm³/mol. The topological polar surface area (TPSA) is 55.2 Å². The molecule has 0 amide bonds. The lowest BCUT2D eigenvalue weighted by Gasteiger charge is -2.04. The van der Waals surface area contributed by atoms with Crippen LogP contribution in [0.2, 0.25) is 5.02 Å². The van der Waals surface area contributed by atoms with Gasteiger partial charge in [0, 0.05) is 18.7 Å². The Balaban J connectivity index is 3.03. The van der Waals surface area contributed by atoms with E-state index in [-0.39, 0.29) is 5.69 Å². The summed E-state index contributed by atoms with van der Waals surface area (Å²) in [6.45, 7) is 2.58. The number of benzene rings is 1. The van der Waals surface area contributed by atoms with Gasteiger partial charge in [0.25, 0.3) is 5.69 Å². The van der Waals surface area contributed by atoms with Gasteiger partial charge in [0.2, 0.25) is 0 Å². The van der Waals surface area contributed by atoms with Crippen molar-refractivity contribution in [1.29, 1.82) is 0 Å². The molecule has 0 saturated carbocycles. The van der Waals surface area contributed by atoms with Crippen molar-refractivity contribution in [2.24, 2.45) is 0 Å². The molecule has 1 rings (SSSR count). The van der Waals surface area contributed by atoms with Gasteiger partial charge in [0.05, 0.1) is 15.6 Å². The van der Waals surface area contributed by atoms with Crippen molar-refractivity contribution in [2.45, 2.75) is 6.92 Å². The first-order valence-corrected chi connectivity index (χ1v) is 4.20. The van der Waals surface area contributed by atoms with E-state index in [9.17, 15) is 10.1 Å². The van der Waals surface area contributed by atoms with Crippen LogP contribution in [0.15, 0.2) is 18.2 Å². The molecule has 0 bridgehead atoms. The summed E-state index contributed by atoms with van der Waals surface area (Å²) in [5, 5.41) is 13.8. The van der Waals surface area contributed by atoms with Gasteiger partial charge in [0.1, 0.15) is 0 Å². The minimum absolute atomic E-state index is 0.0420. The Morgan fingerprint density at radius 1 is 1.62 bits per heavy atom. The molecule has 70 valence electrons. The lowest BCUT2D eigenvalue weighted by molar-refractivity contribution is -0.384. The molecule has 0 spiro atoms. The molecule has 0 saturated heterocycles. The van der Waals surface area contributed by atoms with Crippen molar-refractivity contribution in [1.82, 2.24) is 0 Å². The molecule has 4 nitrogen and oxygen atoms in total. The van der Waals surface area contributed by atoms with Crippen molar-refractivity contribution in [3.8, 4) is 0 Å². The summed E-state index contributed by atoms with van der Waals surface area (Å²) in [6, 6.07) is 4.31. The lowest BCUT2D eigenvalue weighted by Crippen LogP contribution is -1.98. The minimum Gasteiger partial charge on any atom is -0.384 e. The van der Waals surface area contributed by atoms with Crippen LogP contribution in [-0.2, 0) is 0 Å². The molecule has 0 unspecified atom stereocenters. The quantitative estimate of drug-likeness (QED) is 0.603. The molecule has 1 aromatic rings. The summed E-state index contributed by atoms with van der Waals surface area (Å²) >= 11 is 5.79. The molecule has 0 aromatic heterocycles. The molecular weight excluding hydrogens is 192 g/mol. The van der Waals surface area contributed by atoms with Crippen LogP contribution in [-0.4, -0.2) is 11.5 Å². The summed E-state index contributed by atoms with van der Waals surface area (Å²) in [4.78, 5) is 9.96. The van der Waals surface area contributed by atoms with Crippen LogP contribution in [0.1, 0.15) is 6.92 Å². The average Bonchev–Trinajstić information content (AvgIpc) is 2.08. The summed E-state index contributed by atoms with van der Waals surface area (Å²) < 4.78 is 0. The zero-order chi connectivity index (χ0) is 9.84. The summed E-state index contributed by atoms with van der Waals surface area (Å²) in [6.07, 6.45) is 0. The number of hydrogen-bond donors (Lipinski definition) is 1. The van der Waals surface area contributed by atoms with E-state index in [4.69, 9.17) is 11.6 Å². The van der Waals surface area contributed by atoms with Crippen LogP contribution in [0.3, 0.4) is 0 Å². The molecule has 0 fully saturated rings. The van der Waals surface area contributed by atoms with E-state index >= 15 is 0 Å². The van der Waals surface area contributed by atoms with E-state index in [2.05, 4.69) is 5.32 Å². The van der Waals surface area contributed by atoms with Gasteiger partial charge in [-0.25, -0.2) is 0 Å². The lowest BCUT2D eigenvalue weighted by atomic mass is 10.3. The first-order valence-electron chi connectivity index (χ1n) is 3.83. The molecule has 0 heterocycles. The summed E-state index contributed by atoms with van der Waals surface area (Å²) in [7, 11) is 0. The third-order valence-electron chi connectivity index (χ3n) is 1.53. The maximum Gasteiger partial charge on any atom is 0.271 e. The molecule has 0 aliphatic carbocycles. The predicted octanol–water partition coefficient (Wildman–Crippen LogP) is 2.68. The third kappa shape index (κ3) is 2.32. The Kier molecular flexibility index (Phi) is 3.08. The van der Waals surface area contributed by atoms with Gasteiger partial charge >= 0.3 is 0 Å². The number of rotatable bonds is 3. The number of anilines is 1. The fraction of sp³-hybridized carbons (Fsp3) is 0.250. The summed E-state index contributed by atoms with van der Waals surface area (Å²) in [5.74, 6) is 0. The number of non-ortho nitro benzene ring substituents is 1. The largest absolute Gasteiger partial charge is 0.384 e. The fourth-order valence-electron chi connectivity index (χ4n) is 0.953. The molecule has 13 heavy (non-hydrogen) atoms. The minimum atomic E-state index is -0.447. The second-order valence-corrected chi connectivity index (χ2v) is 2.86. The smallest absolute Gasteiger partial charge is 0.271 e. The van der Waals surface area contributed by atoms with E-state index in [1.807, 2.05) is 6.92 Å². The molecular formula is C8H9ClN2O2. The number of nitro groups is 1. The van der Waals surface area contributed by atoms with Gasteiger partial charge < -0.3 is 5.32 Å². The van der Waals surface area contributed by atoms with Crippen LogP contribution >= 0.6 is 11.6 Å². The van der Waals surface area contributed by atoms with E-state index in [1.54, 1.807) is 0 Å². The highest BCUT2D eigenvalue weighted by Crippen LogP contribution is 2.26. The molecule has 0 aliphatic rings. The zero-order valence-corrected chi connectivity index (χ0v) is 7.84. The second-order valence-electron chi connectivity index (χ2n) is 2.45. The number of nitrogens with one attached hydrogen (secondary N) is 1. The molecule has 1 aromatic carbocycles. The molecule has 0 atom stereocenters. The Bertz CT molecular complexity index is 328. The van der Waals surface area contributed by atoms with Gasteiger partial charge in [-0.3, -0.25) is 10.1 Å². The maximum atomic E-state index is 10.4. The molecule has 0 radical (unpaired) electrons. The van der Waals surface area contributed by atoms with Gasteiger partial charge in [-0.15, -0.1) is 0 Å². The summed E-state index contributed by atoms with van der Waals surface area (Å²) in [5.41, 5.74) is 0.638. The monoisotopic (exact) mass is 200 g/mol. The third-order valence-corrected chi connectivity index (χ3v) is 1.86. The van der Waals surface area contributed by atoms with Crippen molar-refractivity contribution in [2.75, 3.05) is 11.9 Å². The first-order chi connectivity index (χ1) is 6.15.